The molecule has 2 N–H and O–H groups in total. The van der Waals surface area contributed by atoms with Crippen LogP contribution in [0.1, 0.15) is 6.42 Å². The third-order valence-electron chi connectivity index (χ3n) is 0.689. The molecule has 0 fully saturated rings. The molecule has 46 valence electrons. The molecule has 0 aliphatic carbocycles. The Morgan fingerprint density at radius 1 is 1.62 bits per heavy atom. The molecule has 0 aromatic carbocycles. The highest BCUT2D eigenvalue weighted by Crippen LogP contribution is 2.20. The molecule has 0 rings (SSSR count). The number of nitrogens with two attached hydrogens (primary N) is 1. The summed E-state index contributed by atoms with van der Waals surface area (Å²) in [4.78, 5) is 0. The highest BCUT2D eigenvalue weighted by molar-refractivity contribution is 8.00. The molecule has 0 aromatic heterocycles. The predicted molar refractivity (Wildman–Crippen MR) is 40.0 cm³/mol. The predicted octanol–water partition coefficient (Wildman–Crippen LogP) is 0.415. The van der Waals surface area contributed by atoms with E-state index in [1.807, 2.05) is 6.07 Å². The maximum atomic E-state index is 8.13. The molecule has 0 aromatic rings. The van der Waals surface area contributed by atoms with Crippen LogP contribution in [0.4, 0.5) is 0 Å². The van der Waals surface area contributed by atoms with Crippen LogP contribution in [0.5, 0.6) is 0 Å². The van der Waals surface area contributed by atoms with E-state index >= 15 is 0 Å². The van der Waals surface area contributed by atoms with Crippen molar-refractivity contribution in [3.63, 3.8) is 0 Å². The molecule has 0 aliphatic rings. The van der Waals surface area contributed by atoms with E-state index in [2.05, 4.69) is 25.3 Å². The normalized spacial score (nSPS) is 10.8. The zero-order valence-electron chi connectivity index (χ0n) is 4.33. The fourth-order valence-corrected chi connectivity index (χ4v) is 0.340. The van der Waals surface area contributed by atoms with Gasteiger partial charge in [-0.2, -0.15) is 30.5 Å². The SMILES string of the molecule is N#CCC(S)(S)CN. The van der Waals surface area contributed by atoms with Gasteiger partial charge in [-0.15, -0.1) is 0 Å². The largest absolute Gasteiger partial charge is 0.328 e. The lowest BCUT2D eigenvalue weighted by Crippen LogP contribution is -2.24. The lowest BCUT2D eigenvalue weighted by molar-refractivity contribution is 0.838. The van der Waals surface area contributed by atoms with Crippen LogP contribution in [0.25, 0.3) is 0 Å². The Bertz CT molecular complexity index is 105. The summed E-state index contributed by atoms with van der Waals surface area (Å²) in [5.41, 5.74) is 5.19. The zero-order valence-corrected chi connectivity index (χ0v) is 6.12. The van der Waals surface area contributed by atoms with Gasteiger partial charge in [-0.05, 0) is 0 Å². The van der Waals surface area contributed by atoms with Crippen LogP contribution in [0.15, 0.2) is 0 Å². The Balaban J connectivity index is 3.58. The van der Waals surface area contributed by atoms with Gasteiger partial charge in [-0.25, -0.2) is 0 Å². The molecule has 8 heavy (non-hydrogen) atoms. The van der Waals surface area contributed by atoms with Gasteiger partial charge in [-0.3, -0.25) is 0 Å². The molecule has 0 saturated heterocycles. The average Bonchev–Trinajstić information content (AvgIpc) is 1.67. The summed E-state index contributed by atoms with van der Waals surface area (Å²) in [6, 6.07) is 1.93. The summed E-state index contributed by atoms with van der Waals surface area (Å²) >= 11 is 7.97. The molecule has 0 radical (unpaired) electrons. The first-order chi connectivity index (χ1) is 3.62. The van der Waals surface area contributed by atoms with E-state index in [0.29, 0.717) is 6.54 Å². The second-order valence-electron chi connectivity index (χ2n) is 1.52. The van der Waals surface area contributed by atoms with Crippen molar-refractivity contribution in [1.82, 2.24) is 0 Å². The molecule has 0 spiro atoms. The molecule has 0 heterocycles. The maximum absolute atomic E-state index is 8.13. The fraction of sp³-hybridized carbons (Fsp3) is 0.750. The van der Waals surface area contributed by atoms with Crippen molar-refractivity contribution >= 4 is 25.3 Å². The van der Waals surface area contributed by atoms with Crippen molar-refractivity contribution in [3.8, 4) is 6.07 Å². The molecular formula is C4H8N2S2. The molecule has 0 atom stereocenters. The van der Waals surface area contributed by atoms with Gasteiger partial charge in [0, 0.05) is 6.54 Å². The van der Waals surface area contributed by atoms with Crippen molar-refractivity contribution in [3.05, 3.63) is 0 Å². The molecule has 0 aliphatic heterocycles. The number of thiol groups is 2. The number of rotatable bonds is 2. The van der Waals surface area contributed by atoms with Gasteiger partial charge in [0.2, 0.25) is 0 Å². The number of nitrogens with zero attached hydrogens (tertiary/aromatic N) is 1. The van der Waals surface area contributed by atoms with Gasteiger partial charge in [0.25, 0.3) is 0 Å². The molecule has 0 bridgehead atoms. The molecule has 4 heteroatoms. The van der Waals surface area contributed by atoms with Crippen LogP contribution < -0.4 is 5.73 Å². The minimum atomic E-state index is -0.602. The minimum Gasteiger partial charge on any atom is -0.328 e. The van der Waals surface area contributed by atoms with Crippen LogP contribution in [0.2, 0.25) is 0 Å². The molecule has 2 nitrogen and oxygen atoms in total. The second-order valence-corrected chi connectivity index (χ2v) is 3.59. The molecule has 0 saturated carbocycles. The van der Waals surface area contributed by atoms with E-state index < -0.39 is 4.08 Å². The fourth-order valence-electron chi connectivity index (χ4n) is 0.199. The molecule has 0 unspecified atom stereocenters. The van der Waals surface area contributed by atoms with Crippen molar-refractivity contribution in [2.75, 3.05) is 6.54 Å². The van der Waals surface area contributed by atoms with Gasteiger partial charge in [0.15, 0.2) is 0 Å². The second kappa shape index (κ2) is 3.23. The Morgan fingerprint density at radius 3 is 2.25 bits per heavy atom. The lowest BCUT2D eigenvalue weighted by atomic mass is 10.3. The van der Waals surface area contributed by atoms with Gasteiger partial charge in [-0.1, -0.05) is 0 Å². The smallest absolute Gasteiger partial charge is 0.0802 e. The van der Waals surface area contributed by atoms with Crippen LogP contribution >= 0.6 is 25.3 Å². The van der Waals surface area contributed by atoms with E-state index in [0.717, 1.165) is 0 Å². The highest BCUT2D eigenvalue weighted by atomic mass is 32.2. The van der Waals surface area contributed by atoms with Gasteiger partial charge in [0.1, 0.15) is 0 Å². The van der Waals surface area contributed by atoms with Gasteiger partial charge < -0.3 is 5.73 Å². The van der Waals surface area contributed by atoms with Gasteiger partial charge in [0.05, 0.1) is 16.6 Å². The third kappa shape index (κ3) is 3.19. The first-order valence-electron chi connectivity index (χ1n) is 2.14. The van der Waals surface area contributed by atoms with Crippen molar-refractivity contribution in [1.29, 1.82) is 5.26 Å². The first-order valence-corrected chi connectivity index (χ1v) is 3.03. The summed E-state index contributed by atoms with van der Waals surface area (Å²) < 4.78 is -0.602. The average molecular weight is 148 g/mol. The lowest BCUT2D eigenvalue weighted by Gasteiger charge is -2.14. The molecular weight excluding hydrogens is 140 g/mol. The standard InChI is InChI=1S/C4H8N2S2/c5-2-1-4(7,8)3-6/h7-8H,1,3,6H2. The third-order valence-corrected chi connectivity index (χ3v) is 1.37. The van der Waals surface area contributed by atoms with E-state index in [-0.39, 0.29) is 6.42 Å². The highest BCUT2D eigenvalue weighted by Gasteiger charge is 2.16. The summed E-state index contributed by atoms with van der Waals surface area (Å²) in [7, 11) is 0. The summed E-state index contributed by atoms with van der Waals surface area (Å²) in [6.45, 7) is 0.312. The maximum Gasteiger partial charge on any atom is 0.0802 e. The van der Waals surface area contributed by atoms with Crippen LogP contribution in [0.3, 0.4) is 0 Å². The summed E-state index contributed by atoms with van der Waals surface area (Å²) in [5, 5.41) is 8.13. The van der Waals surface area contributed by atoms with Crippen molar-refractivity contribution < 1.29 is 0 Å². The Labute approximate surface area is 59.9 Å². The van der Waals surface area contributed by atoms with E-state index in [4.69, 9.17) is 11.0 Å². The Morgan fingerprint density at radius 2 is 2.12 bits per heavy atom. The number of hydrogen-bond acceptors (Lipinski definition) is 4. The van der Waals surface area contributed by atoms with E-state index in [1.165, 1.54) is 0 Å². The van der Waals surface area contributed by atoms with Crippen LogP contribution in [-0.2, 0) is 0 Å². The molecule has 0 amide bonds. The van der Waals surface area contributed by atoms with Gasteiger partial charge >= 0.3 is 0 Å². The number of hydrogen-bond donors (Lipinski definition) is 3. The van der Waals surface area contributed by atoms with Crippen molar-refractivity contribution in [2.45, 2.75) is 10.5 Å². The number of nitriles is 1. The topological polar surface area (TPSA) is 49.8 Å². The summed E-state index contributed by atoms with van der Waals surface area (Å²) in [5.74, 6) is 0. The van der Waals surface area contributed by atoms with Crippen LogP contribution in [-0.4, -0.2) is 10.6 Å². The van der Waals surface area contributed by atoms with E-state index in [1.54, 1.807) is 0 Å². The first kappa shape index (κ1) is 8.15. The van der Waals surface area contributed by atoms with Crippen molar-refractivity contribution in [2.24, 2.45) is 5.73 Å². The monoisotopic (exact) mass is 148 g/mol. The van der Waals surface area contributed by atoms with E-state index in [9.17, 15) is 0 Å². The quantitative estimate of drug-likeness (QED) is 0.392. The Kier molecular flexibility index (Phi) is 3.29. The summed E-state index contributed by atoms with van der Waals surface area (Å²) in [6.07, 6.45) is 0.274. The Hall–Kier alpha value is 0.150. The van der Waals surface area contributed by atoms with Crippen LogP contribution in [0, 0.1) is 11.3 Å². The zero-order chi connectivity index (χ0) is 6.62. The minimum absolute atomic E-state index is 0.274.